The van der Waals surface area contributed by atoms with Crippen LogP contribution in [0.25, 0.3) is 0 Å². The van der Waals surface area contributed by atoms with E-state index in [1.807, 2.05) is 43.5 Å². The maximum atomic E-state index is 12.4. The van der Waals surface area contributed by atoms with Gasteiger partial charge in [-0.25, -0.2) is 4.98 Å². The van der Waals surface area contributed by atoms with Crippen molar-refractivity contribution < 1.29 is 4.79 Å². The standard InChI is InChI=1S/C18H26N4O/c1-13(2)12-22-10-9-20-16(22)11-21-18(23)14(3)17(19)15-7-5-4-6-8-15/h4-10,13-14,17H,11-12,19H2,1-3H3,(H,21,23). The summed E-state index contributed by atoms with van der Waals surface area (Å²) in [7, 11) is 0. The Balaban J connectivity index is 1.93. The van der Waals surface area contributed by atoms with Crippen molar-refractivity contribution in [2.24, 2.45) is 17.6 Å². The van der Waals surface area contributed by atoms with Crippen molar-refractivity contribution in [3.63, 3.8) is 0 Å². The maximum Gasteiger partial charge on any atom is 0.225 e. The summed E-state index contributed by atoms with van der Waals surface area (Å²) in [5, 5.41) is 2.95. The van der Waals surface area contributed by atoms with E-state index in [9.17, 15) is 4.79 Å². The maximum absolute atomic E-state index is 12.4. The van der Waals surface area contributed by atoms with Gasteiger partial charge in [-0.3, -0.25) is 4.79 Å². The number of hydrogen-bond donors (Lipinski definition) is 2. The number of imidazole rings is 1. The van der Waals surface area contributed by atoms with Crippen molar-refractivity contribution in [1.82, 2.24) is 14.9 Å². The lowest BCUT2D eigenvalue weighted by Crippen LogP contribution is -2.35. The summed E-state index contributed by atoms with van der Waals surface area (Å²) in [5.74, 6) is 1.04. The Morgan fingerprint density at radius 3 is 2.61 bits per heavy atom. The molecule has 0 spiro atoms. The van der Waals surface area contributed by atoms with Crippen LogP contribution in [0.4, 0.5) is 0 Å². The van der Waals surface area contributed by atoms with Crippen LogP contribution in [0.1, 0.15) is 38.2 Å². The molecule has 0 aliphatic heterocycles. The zero-order valence-corrected chi connectivity index (χ0v) is 14.1. The van der Waals surface area contributed by atoms with E-state index in [-0.39, 0.29) is 17.9 Å². The van der Waals surface area contributed by atoms with E-state index in [0.717, 1.165) is 17.9 Å². The van der Waals surface area contributed by atoms with Gasteiger partial charge in [0.05, 0.1) is 12.5 Å². The molecular weight excluding hydrogens is 288 g/mol. The zero-order chi connectivity index (χ0) is 16.8. The molecule has 0 fully saturated rings. The molecule has 1 aromatic heterocycles. The molecule has 3 N–H and O–H groups in total. The highest BCUT2D eigenvalue weighted by atomic mass is 16.1. The van der Waals surface area contributed by atoms with E-state index < -0.39 is 0 Å². The first kappa shape index (κ1) is 17.2. The quantitative estimate of drug-likeness (QED) is 0.824. The molecule has 0 saturated heterocycles. The monoisotopic (exact) mass is 314 g/mol. The fraction of sp³-hybridized carbons (Fsp3) is 0.444. The summed E-state index contributed by atoms with van der Waals surface area (Å²) < 4.78 is 2.08. The van der Waals surface area contributed by atoms with Gasteiger partial charge >= 0.3 is 0 Å². The van der Waals surface area contributed by atoms with E-state index in [2.05, 4.69) is 28.7 Å². The van der Waals surface area contributed by atoms with Crippen LogP contribution in [0.5, 0.6) is 0 Å². The van der Waals surface area contributed by atoms with E-state index in [1.54, 1.807) is 6.20 Å². The summed E-state index contributed by atoms with van der Waals surface area (Å²) in [5.41, 5.74) is 7.17. The molecule has 2 aromatic rings. The summed E-state index contributed by atoms with van der Waals surface area (Å²) in [6.07, 6.45) is 3.71. The topological polar surface area (TPSA) is 72.9 Å². The van der Waals surface area contributed by atoms with Crippen LogP contribution in [-0.4, -0.2) is 15.5 Å². The van der Waals surface area contributed by atoms with Gasteiger partial charge in [-0.15, -0.1) is 0 Å². The molecule has 5 nitrogen and oxygen atoms in total. The third-order valence-corrected chi connectivity index (χ3v) is 3.92. The number of rotatable bonds is 7. The predicted octanol–water partition coefficient (Wildman–Crippen LogP) is 2.49. The van der Waals surface area contributed by atoms with Gasteiger partial charge < -0.3 is 15.6 Å². The molecule has 5 heteroatoms. The molecule has 124 valence electrons. The van der Waals surface area contributed by atoms with Crippen molar-refractivity contribution in [3.8, 4) is 0 Å². The Bertz CT molecular complexity index is 621. The van der Waals surface area contributed by atoms with Crippen molar-refractivity contribution in [1.29, 1.82) is 0 Å². The van der Waals surface area contributed by atoms with Gasteiger partial charge in [0, 0.05) is 25.0 Å². The SMILES string of the molecule is CC(C)Cn1ccnc1CNC(=O)C(C)C(N)c1ccccc1. The Hall–Kier alpha value is -2.14. The van der Waals surface area contributed by atoms with Crippen molar-refractivity contribution in [2.45, 2.75) is 39.9 Å². The lowest BCUT2D eigenvalue weighted by molar-refractivity contribution is -0.125. The Morgan fingerprint density at radius 2 is 1.96 bits per heavy atom. The smallest absolute Gasteiger partial charge is 0.225 e. The van der Waals surface area contributed by atoms with Crippen LogP contribution in [0.15, 0.2) is 42.7 Å². The fourth-order valence-corrected chi connectivity index (χ4v) is 2.52. The second kappa shape index (κ2) is 7.92. The number of benzene rings is 1. The number of amides is 1. The van der Waals surface area contributed by atoms with Crippen LogP contribution >= 0.6 is 0 Å². The van der Waals surface area contributed by atoms with Crippen molar-refractivity contribution >= 4 is 5.91 Å². The number of carbonyl (C=O) groups excluding carboxylic acids is 1. The van der Waals surface area contributed by atoms with E-state index in [1.165, 1.54) is 0 Å². The molecule has 0 aliphatic rings. The lowest BCUT2D eigenvalue weighted by atomic mass is 9.95. The zero-order valence-electron chi connectivity index (χ0n) is 14.1. The first-order chi connectivity index (χ1) is 11.0. The molecule has 2 atom stereocenters. The van der Waals surface area contributed by atoms with Gasteiger partial charge in [-0.1, -0.05) is 51.1 Å². The highest BCUT2D eigenvalue weighted by Gasteiger charge is 2.22. The van der Waals surface area contributed by atoms with Gasteiger partial charge in [0.1, 0.15) is 5.82 Å². The van der Waals surface area contributed by atoms with Gasteiger partial charge in [0.2, 0.25) is 5.91 Å². The first-order valence-electron chi connectivity index (χ1n) is 8.07. The molecule has 1 heterocycles. The number of nitrogens with two attached hydrogens (primary N) is 1. The Labute approximate surface area is 137 Å². The number of hydrogen-bond acceptors (Lipinski definition) is 3. The number of carbonyl (C=O) groups is 1. The molecule has 23 heavy (non-hydrogen) atoms. The fourth-order valence-electron chi connectivity index (χ4n) is 2.52. The summed E-state index contributed by atoms with van der Waals surface area (Å²) in [6.45, 7) is 7.48. The third-order valence-electron chi connectivity index (χ3n) is 3.92. The van der Waals surface area contributed by atoms with E-state index in [0.29, 0.717) is 12.5 Å². The minimum atomic E-state index is -0.313. The van der Waals surface area contributed by atoms with Gasteiger partial charge in [-0.05, 0) is 11.5 Å². The average Bonchev–Trinajstić information content (AvgIpc) is 2.98. The van der Waals surface area contributed by atoms with Crippen molar-refractivity contribution in [3.05, 3.63) is 54.1 Å². The molecule has 0 radical (unpaired) electrons. The van der Waals surface area contributed by atoms with Gasteiger partial charge in [-0.2, -0.15) is 0 Å². The second-order valence-electron chi connectivity index (χ2n) is 6.33. The molecular formula is C18H26N4O. The van der Waals surface area contributed by atoms with E-state index >= 15 is 0 Å². The summed E-state index contributed by atoms with van der Waals surface area (Å²) >= 11 is 0. The lowest BCUT2D eigenvalue weighted by Gasteiger charge is -2.20. The number of aromatic nitrogens is 2. The Kier molecular flexibility index (Phi) is 5.93. The average molecular weight is 314 g/mol. The molecule has 2 unspecified atom stereocenters. The minimum absolute atomic E-state index is 0.0551. The van der Waals surface area contributed by atoms with Crippen molar-refractivity contribution in [2.75, 3.05) is 0 Å². The first-order valence-corrected chi connectivity index (χ1v) is 8.07. The van der Waals surface area contributed by atoms with Crippen LogP contribution in [0.3, 0.4) is 0 Å². The minimum Gasteiger partial charge on any atom is -0.349 e. The van der Waals surface area contributed by atoms with Crippen LogP contribution in [-0.2, 0) is 17.9 Å². The molecule has 0 bridgehead atoms. The predicted molar refractivity (Wildman–Crippen MR) is 91.4 cm³/mol. The second-order valence-corrected chi connectivity index (χ2v) is 6.33. The normalized spacial score (nSPS) is 13.8. The molecule has 1 aromatic carbocycles. The summed E-state index contributed by atoms with van der Waals surface area (Å²) in [4.78, 5) is 16.7. The highest BCUT2D eigenvalue weighted by molar-refractivity contribution is 5.79. The van der Waals surface area contributed by atoms with Crippen LogP contribution < -0.4 is 11.1 Å². The van der Waals surface area contributed by atoms with Crippen LogP contribution in [0, 0.1) is 11.8 Å². The Morgan fingerprint density at radius 1 is 1.26 bits per heavy atom. The van der Waals surface area contributed by atoms with Crippen LogP contribution in [0.2, 0.25) is 0 Å². The van der Waals surface area contributed by atoms with E-state index in [4.69, 9.17) is 5.73 Å². The van der Waals surface area contributed by atoms with Gasteiger partial charge in [0.15, 0.2) is 0 Å². The molecule has 1 amide bonds. The summed E-state index contributed by atoms with van der Waals surface area (Å²) in [6, 6.07) is 9.39. The molecule has 0 aliphatic carbocycles. The molecule has 2 rings (SSSR count). The number of nitrogens with zero attached hydrogens (tertiary/aromatic N) is 2. The third kappa shape index (κ3) is 4.66. The van der Waals surface area contributed by atoms with Gasteiger partial charge in [0.25, 0.3) is 0 Å². The number of nitrogens with one attached hydrogen (secondary N) is 1. The largest absolute Gasteiger partial charge is 0.349 e. The highest BCUT2D eigenvalue weighted by Crippen LogP contribution is 2.19. The molecule has 0 saturated carbocycles.